The van der Waals surface area contributed by atoms with E-state index in [2.05, 4.69) is 48.8 Å². The van der Waals surface area contributed by atoms with Crippen molar-refractivity contribution in [3.63, 3.8) is 0 Å². The Kier molecular flexibility index (Phi) is 4.59. The van der Waals surface area contributed by atoms with Crippen molar-refractivity contribution in [1.29, 1.82) is 0 Å². The molecule has 0 aromatic carbocycles. The summed E-state index contributed by atoms with van der Waals surface area (Å²) in [5, 5.41) is 0.106. The lowest BCUT2D eigenvalue weighted by Gasteiger charge is -2.36. The third-order valence-corrected chi connectivity index (χ3v) is 9.73. The first-order chi connectivity index (χ1) is 11.6. The molecule has 0 radical (unpaired) electrons. The van der Waals surface area contributed by atoms with Gasteiger partial charge < -0.3 is 14.9 Å². The SMILES string of the molecule is CC(C)(C)[Si](C)(C)OC[C@@H]1C[C@@H](F)C(n2cnc3c(N)ncnc32)O1. The molecule has 0 spiro atoms. The number of hydrogen-bond acceptors (Lipinski definition) is 6. The van der Waals surface area contributed by atoms with Crippen molar-refractivity contribution in [1.82, 2.24) is 19.5 Å². The van der Waals surface area contributed by atoms with Crippen molar-refractivity contribution >= 4 is 25.3 Å². The average Bonchev–Trinajstić information content (AvgIpc) is 3.08. The molecule has 2 N–H and O–H groups in total. The molecule has 1 unspecified atom stereocenters. The molecule has 25 heavy (non-hydrogen) atoms. The van der Waals surface area contributed by atoms with E-state index < -0.39 is 20.7 Å². The van der Waals surface area contributed by atoms with E-state index in [4.69, 9.17) is 14.9 Å². The van der Waals surface area contributed by atoms with E-state index in [-0.39, 0.29) is 17.0 Å². The van der Waals surface area contributed by atoms with Gasteiger partial charge in [0.1, 0.15) is 18.0 Å². The summed E-state index contributed by atoms with van der Waals surface area (Å²) in [7, 11) is -1.89. The number of aromatic nitrogens is 4. The first-order valence-electron chi connectivity index (χ1n) is 8.46. The van der Waals surface area contributed by atoms with Crippen molar-refractivity contribution in [2.45, 2.75) is 63.8 Å². The zero-order chi connectivity index (χ0) is 18.4. The highest BCUT2D eigenvalue weighted by molar-refractivity contribution is 6.74. The van der Waals surface area contributed by atoms with Gasteiger partial charge in [0.15, 0.2) is 26.0 Å². The van der Waals surface area contributed by atoms with Gasteiger partial charge in [-0.25, -0.2) is 19.3 Å². The molecular weight excluding hydrogens is 341 g/mol. The highest BCUT2D eigenvalue weighted by atomic mass is 28.4. The van der Waals surface area contributed by atoms with Crippen LogP contribution in [0.1, 0.15) is 33.4 Å². The number of nitrogens with two attached hydrogens (primary N) is 1. The minimum atomic E-state index is -1.89. The number of alkyl halides is 1. The van der Waals surface area contributed by atoms with E-state index in [9.17, 15) is 4.39 Å². The van der Waals surface area contributed by atoms with Crippen LogP contribution >= 0.6 is 0 Å². The van der Waals surface area contributed by atoms with E-state index in [0.29, 0.717) is 24.2 Å². The van der Waals surface area contributed by atoms with Gasteiger partial charge >= 0.3 is 0 Å². The first kappa shape index (κ1) is 18.2. The van der Waals surface area contributed by atoms with E-state index in [1.165, 1.54) is 12.7 Å². The van der Waals surface area contributed by atoms with Gasteiger partial charge in [0.05, 0.1) is 19.0 Å². The van der Waals surface area contributed by atoms with Gasteiger partial charge in [0, 0.05) is 6.42 Å². The van der Waals surface area contributed by atoms with E-state index in [0.717, 1.165) is 0 Å². The Hall–Kier alpha value is -1.58. The zero-order valence-corrected chi connectivity index (χ0v) is 16.4. The summed E-state index contributed by atoms with van der Waals surface area (Å²) in [6, 6.07) is 0. The normalized spacial score (nSPS) is 25.0. The fourth-order valence-corrected chi connectivity index (χ4v) is 3.66. The fourth-order valence-electron chi connectivity index (χ4n) is 2.63. The molecule has 3 rings (SSSR count). The van der Waals surface area contributed by atoms with Gasteiger partial charge in [-0.1, -0.05) is 20.8 Å². The number of nitrogen functional groups attached to an aromatic ring is 1. The Bertz CT molecular complexity index is 761. The van der Waals surface area contributed by atoms with Gasteiger partial charge in [0.2, 0.25) is 0 Å². The molecule has 1 aliphatic heterocycles. The van der Waals surface area contributed by atoms with Crippen molar-refractivity contribution in [3.8, 4) is 0 Å². The van der Waals surface area contributed by atoms with E-state index in [1.54, 1.807) is 4.57 Å². The lowest BCUT2D eigenvalue weighted by atomic mass is 10.2. The summed E-state index contributed by atoms with van der Waals surface area (Å²) < 4.78 is 28.3. The predicted octanol–water partition coefficient (Wildman–Crippen LogP) is 3.06. The maximum absolute atomic E-state index is 14.6. The average molecular weight is 368 g/mol. The van der Waals surface area contributed by atoms with Crippen molar-refractivity contribution in [3.05, 3.63) is 12.7 Å². The second kappa shape index (κ2) is 6.29. The van der Waals surface area contributed by atoms with Crippen LogP contribution in [-0.4, -0.2) is 46.7 Å². The Labute approximate surface area is 147 Å². The van der Waals surface area contributed by atoms with Crippen LogP contribution in [0.2, 0.25) is 18.1 Å². The number of anilines is 1. The second-order valence-corrected chi connectivity index (χ2v) is 12.9. The third kappa shape index (κ3) is 3.40. The topological polar surface area (TPSA) is 88.1 Å². The van der Waals surface area contributed by atoms with Crippen LogP contribution in [0, 0.1) is 0 Å². The molecule has 3 heterocycles. The van der Waals surface area contributed by atoms with Crippen LogP contribution in [-0.2, 0) is 9.16 Å². The fraction of sp³-hybridized carbons (Fsp3) is 0.688. The number of nitrogens with zero attached hydrogens (tertiary/aromatic N) is 4. The standard InChI is InChI=1S/C16H26FN5O2Si/c1-16(2,3)25(4,5)23-7-10-6-11(17)15(24-10)22-9-21-12-13(18)19-8-20-14(12)22/h8-11,15H,6-7H2,1-5H3,(H2,18,19,20)/t10-,11+,15?/m0/s1. The zero-order valence-electron chi connectivity index (χ0n) is 15.4. The van der Waals surface area contributed by atoms with Crippen molar-refractivity contribution < 1.29 is 13.6 Å². The first-order valence-corrected chi connectivity index (χ1v) is 11.4. The molecule has 1 saturated heterocycles. The quantitative estimate of drug-likeness (QED) is 0.836. The largest absolute Gasteiger partial charge is 0.414 e. The smallest absolute Gasteiger partial charge is 0.192 e. The second-order valence-electron chi connectivity index (χ2n) is 8.05. The lowest BCUT2D eigenvalue weighted by Crippen LogP contribution is -2.42. The number of hydrogen-bond donors (Lipinski definition) is 1. The van der Waals surface area contributed by atoms with E-state index in [1.807, 2.05) is 0 Å². The number of halogens is 1. The molecule has 2 aromatic heterocycles. The predicted molar refractivity (Wildman–Crippen MR) is 96.3 cm³/mol. The monoisotopic (exact) mass is 367 g/mol. The van der Waals surface area contributed by atoms with Gasteiger partial charge in [-0.15, -0.1) is 0 Å². The lowest BCUT2D eigenvalue weighted by molar-refractivity contribution is -0.0331. The molecule has 7 nitrogen and oxygen atoms in total. The van der Waals surface area contributed by atoms with Gasteiger partial charge in [-0.05, 0) is 18.1 Å². The highest BCUT2D eigenvalue weighted by Gasteiger charge is 2.41. The minimum Gasteiger partial charge on any atom is -0.414 e. The maximum Gasteiger partial charge on any atom is 0.192 e. The molecule has 0 saturated carbocycles. The molecular formula is C16H26FN5O2Si. The van der Waals surface area contributed by atoms with Gasteiger partial charge in [-0.2, -0.15) is 0 Å². The number of rotatable bonds is 4. The molecule has 0 bridgehead atoms. The van der Waals surface area contributed by atoms with Crippen molar-refractivity contribution in [2.24, 2.45) is 0 Å². The maximum atomic E-state index is 14.6. The Balaban J connectivity index is 1.72. The summed E-state index contributed by atoms with van der Waals surface area (Å²) in [6.07, 6.45) is 0.930. The molecule has 138 valence electrons. The molecule has 9 heteroatoms. The Morgan fingerprint density at radius 3 is 2.76 bits per heavy atom. The van der Waals surface area contributed by atoms with Gasteiger partial charge in [-0.3, -0.25) is 4.57 Å². The third-order valence-electron chi connectivity index (χ3n) is 5.23. The highest BCUT2D eigenvalue weighted by Crippen LogP contribution is 2.38. The number of ether oxygens (including phenoxy) is 1. The molecule has 2 aromatic rings. The Morgan fingerprint density at radius 1 is 1.36 bits per heavy atom. The summed E-state index contributed by atoms with van der Waals surface area (Å²) in [5.74, 6) is 0.273. The number of imidazole rings is 1. The van der Waals surface area contributed by atoms with Crippen LogP contribution in [0.4, 0.5) is 10.2 Å². The Morgan fingerprint density at radius 2 is 2.08 bits per heavy atom. The molecule has 0 amide bonds. The molecule has 1 fully saturated rings. The van der Waals surface area contributed by atoms with Crippen LogP contribution in [0.3, 0.4) is 0 Å². The van der Waals surface area contributed by atoms with Crippen LogP contribution in [0.15, 0.2) is 12.7 Å². The van der Waals surface area contributed by atoms with E-state index >= 15 is 0 Å². The van der Waals surface area contributed by atoms with Crippen LogP contribution in [0.5, 0.6) is 0 Å². The minimum absolute atomic E-state index is 0.106. The molecule has 3 atom stereocenters. The number of fused-ring (bicyclic) bond motifs is 1. The molecule has 1 aliphatic rings. The molecule has 0 aliphatic carbocycles. The summed E-state index contributed by atoms with van der Waals surface area (Å²) >= 11 is 0. The van der Waals surface area contributed by atoms with Crippen LogP contribution in [0.25, 0.3) is 11.2 Å². The summed E-state index contributed by atoms with van der Waals surface area (Å²) in [5.41, 5.74) is 6.73. The summed E-state index contributed by atoms with van der Waals surface area (Å²) in [6.45, 7) is 11.3. The van der Waals surface area contributed by atoms with Crippen LogP contribution < -0.4 is 5.73 Å². The van der Waals surface area contributed by atoms with Gasteiger partial charge in [0.25, 0.3) is 0 Å². The summed E-state index contributed by atoms with van der Waals surface area (Å²) in [4.78, 5) is 12.2. The van der Waals surface area contributed by atoms with Crippen molar-refractivity contribution in [2.75, 3.05) is 12.3 Å².